The van der Waals surface area contributed by atoms with Gasteiger partial charge in [0, 0.05) is 12.1 Å². The van der Waals surface area contributed by atoms with Crippen molar-refractivity contribution in [3.63, 3.8) is 0 Å². The van der Waals surface area contributed by atoms with Crippen molar-refractivity contribution in [3.05, 3.63) is 47.5 Å². The second-order valence-corrected chi connectivity index (χ2v) is 7.68. The van der Waals surface area contributed by atoms with E-state index in [0.717, 1.165) is 64.6 Å². The second kappa shape index (κ2) is 7.22. The molecule has 5 rings (SSSR count). The Labute approximate surface area is 175 Å². The van der Waals surface area contributed by atoms with Crippen molar-refractivity contribution >= 4 is 21.5 Å². The third-order valence-electron chi connectivity index (χ3n) is 6.32. The Kier molecular flexibility index (Phi) is 4.64. The Morgan fingerprint density at radius 3 is 1.80 bits per heavy atom. The Morgan fingerprint density at radius 2 is 1.23 bits per heavy atom. The van der Waals surface area contributed by atoms with Crippen molar-refractivity contribution in [2.24, 2.45) is 0 Å². The summed E-state index contributed by atoms with van der Waals surface area (Å²) in [7, 11) is 6.53. The highest BCUT2D eigenvalue weighted by Crippen LogP contribution is 2.50. The molecule has 6 nitrogen and oxygen atoms in total. The lowest BCUT2D eigenvalue weighted by atomic mass is 9.83. The number of hydrogen-bond donors (Lipinski definition) is 1. The van der Waals surface area contributed by atoms with Gasteiger partial charge in [-0.3, -0.25) is 4.90 Å². The summed E-state index contributed by atoms with van der Waals surface area (Å²) < 4.78 is 22.3. The fourth-order valence-electron chi connectivity index (χ4n) is 4.90. The zero-order valence-electron chi connectivity index (χ0n) is 17.7. The smallest absolute Gasteiger partial charge is 0.161 e. The van der Waals surface area contributed by atoms with E-state index in [-0.39, 0.29) is 0 Å². The van der Waals surface area contributed by atoms with Gasteiger partial charge in [-0.25, -0.2) is 0 Å². The summed E-state index contributed by atoms with van der Waals surface area (Å²) in [5.41, 5.74) is 1.97. The van der Waals surface area contributed by atoms with Crippen LogP contribution < -0.4 is 18.9 Å². The lowest BCUT2D eigenvalue weighted by Gasteiger charge is -2.36. The number of aliphatic hydroxyl groups excluding tert-OH is 1. The van der Waals surface area contributed by atoms with Crippen LogP contribution in [0.25, 0.3) is 21.5 Å². The van der Waals surface area contributed by atoms with E-state index in [1.54, 1.807) is 28.4 Å². The van der Waals surface area contributed by atoms with Crippen molar-refractivity contribution in [1.82, 2.24) is 4.90 Å². The number of hydrogen-bond acceptors (Lipinski definition) is 6. The SMILES string of the molecule is COc1cc2c3c(c4cc(OC)c(OC)cc4c2cc1OC)[C](O)[C]1CCCN1C3. The molecular weight excluding hydrogens is 382 g/mol. The Balaban J connectivity index is 1.94. The number of benzene rings is 3. The Hall–Kier alpha value is -2.70. The summed E-state index contributed by atoms with van der Waals surface area (Å²) >= 11 is 0. The number of rotatable bonds is 4. The summed E-state index contributed by atoms with van der Waals surface area (Å²) in [5.74, 6) is 2.62. The van der Waals surface area contributed by atoms with Crippen molar-refractivity contribution < 1.29 is 24.1 Å². The molecule has 30 heavy (non-hydrogen) atoms. The van der Waals surface area contributed by atoms with Gasteiger partial charge in [0.15, 0.2) is 23.0 Å². The highest BCUT2D eigenvalue weighted by Gasteiger charge is 2.40. The van der Waals surface area contributed by atoms with Crippen LogP contribution >= 0.6 is 0 Å². The van der Waals surface area contributed by atoms with Crippen molar-refractivity contribution in [2.45, 2.75) is 19.4 Å². The third kappa shape index (κ3) is 2.63. The molecule has 2 aliphatic heterocycles. The fraction of sp³-hybridized carbons (Fsp3) is 0.333. The van der Waals surface area contributed by atoms with Gasteiger partial charge in [-0.05, 0) is 70.8 Å². The van der Waals surface area contributed by atoms with Crippen LogP contribution in [-0.2, 0) is 6.54 Å². The molecule has 0 aromatic heterocycles. The molecule has 2 radical (unpaired) electrons. The molecule has 6 heteroatoms. The minimum atomic E-state index is 0.364. The number of aliphatic hydroxyl groups is 1. The first kappa shape index (κ1) is 19.3. The maximum Gasteiger partial charge on any atom is 0.161 e. The van der Waals surface area contributed by atoms with Gasteiger partial charge in [-0.2, -0.15) is 0 Å². The molecular formula is C24H25NO5. The molecule has 156 valence electrons. The van der Waals surface area contributed by atoms with Gasteiger partial charge >= 0.3 is 0 Å². The molecule has 3 aromatic rings. The van der Waals surface area contributed by atoms with Gasteiger partial charge in [-0.1, -0.05) is 0 Å². The number of methoxy groups -OCH3 is 4. The average molecular weight is 407 g/mol. The minimum Gasteiger partial charge on any atom is -0.493 e. The highest BCUT2D eigenvalue weighted by molar-refractivity contribution is 6.13. The molecule has 1 N–H and O–H groups in total. The standard InChI is InChI=1S/C24H25NO5/c1-27-19-8-13-14-9-20(28-2)22(30-4)11-16(14)23-17(15(13)10-21(19)29-3)12-25-7-5-6-18(25)24(23)26/h8-11,26H,5-7,12H2,1-4H3. The van der Waals surface area contributed by atoms with E-state index in [9.17, 15) is 5.11 Å². The van der Waals surface area contributed by atoms with Crippen LogP contribution in [0.15, 0.2) is 24.3 Å². The first-order valence-corrected chi connectivity index (χ1v) is 10.0. The summed E-state index contributed by atoms with van der Waals surface area (Å²) in [6, 6.07) is 8.98. The number of nitrogens with zero attached hydrogens (tertiary/aromatic N) is 1. The molecule has 1 saturated heterocycles. The minimum absolute atomic E-state index is 0.364. The van der Waals surface area contributed by atoms with E-state index in [4.69, 9.17) is 18.9 Å². The lowest BCUT2D eigenvalue weighted by Crippen LogP contribution is -2.33. The molecule has 0 aliphatic carbocycles. The first-order chi connectivity index (χ1) is 14.6. The van der Waals surface area contributed by atoms with Gasteiger partial charge in [0.2, 0.25) is 0 Å². The maximum atomic E-state index is 11.3. The molecule has 0 spiro atoms. The van der Waals surface area contributed by atoms with Crippen LogP contribution in [-0.4, -0.2) is 45.0 Å². The zero-order valence-corrected chi connectivity index (χ0v) is 17.7. The van der Waals surface area contributed by atoms with Gasteiger partial charge < -0.3 is 24.1 Å². The molecule has 2 aliphatic rings. The summed E-state index contributed by atoms with van der Waals surface area (Å²) in [6.45, 7) is 1.71. The van der Waals surface area contributed by atoms with Crippen molar-refractivity contribution in [3.8, 4) is 23.0 Å². The van der Waals surface area contributed by atoms with Crippen LogP contribution in [0.3, 0.4) is 0 Å². The molecule has 0 unspecified atom stereocenters. The summed E-state index contributed by atoms with van der Waals surface area (Å²) in [4.78, 5) is 2.28. The monoisotopic (exact) mass is 407 g/mol. The molecule has 0 atom stereocenters. The van der Waals surface area contributed by atoms with E-state index < -0.39 is 0 Å². The molecule has 0 bridgehead atoms. The molecule has 3 aromatic carbocycles. The van der Waals surface area contributed by atoms with Crippen LogP contribution in [0, 0.1) is 12.1 Å². The van der Waals surface area contributed by atoms with Gasteiger partial charge in [0.1, 0.15) is 6.10 Å². The van der Waals surface area contributed by atoms with E-state index in [2.05, 4.69) is 4.90 Å². The van der Waals surface area contributed by atoms with Gasteiger partial charge in [-0.15, -0.1) is 0 Å². The summed E-state index contributed by atoms with van der Waals surface area (Å²) in [5, 5.41) is 15.3. The van der Waals surface area contributed by atoms with Gasteiger partial charge in [0.25, 0.3) is 0 Å². The predicted octanol–water partition coefficient (Wildman–Crippen LogP) is 4.42. The summed E-state index contributed by atoms with van der Waals surface area (Å²) in [6.07, 6.45) is 2.31. The van der Waals surface area contributed by atoms with E-state index in [1.807, 2.05) is 24.3 Å². The molecule has 2 heterocycles. The van der Waals surface area contributed by atoms with Crippen molar-refractivity contribution in [1.29, 1.82) is 0 Å². The van der Waals surface area contributed by atoms with Crippen LogP contribution in [0.4, 0.5) is 0 Å². The maximum absolute atomic E-state index is 11.3. The molecule has 0 amide bonds. The van der Waals surface area contributed by atoms with E-state index >= 15 is 0 Å². The Bertz CT molecular complexity index is 1140. The number of ether oxygens (including phenoxy) is 4. The van der Waals surface area contributed by atoms with Crippen LogP contribution in [0.2, 0.25) is 0 Å². The Morgan fingerprint density at radius 1 is 0.733 bits per heavy atom. The quantitative estimate of drug-likeness (QED) is 0.646. The fourth-order valence-corrected chi connectivity index (χ4v) is 4.90. The number of fused-ring (bicyclic) bond motifs is 7. The molecule has 1 fully saturated rings. The van der Waals surface area contributed by atoms with Crippen LogP contribution in [0.5, 0.6) is 23.0 Å². The normalized spacial score (nSPS) is 17.2. The second-order valence-electron chi connectivity index (χ2n) is 7.68. The van der Waals surface area contributed by atoms with Crippen LogP contribution in [0.1, 0.15) is 24.0 Å². The topological polar surface area (TPSA) is 60.4 Å². The largest absolute Gasteiger partial charge is 0.493 e. The first-order valence-electron chi connectivity index (χ1n) is 10.0. The highest BCUT2D eigenvalue weighted by atomic mass is 16.5. The van der Waals surface area contributed by atoms with E-state index in [1.165, 1.54) is 0 Å². The zero-order chi connectivity index (χ0) is 21.0. The molecule has 0 saturated carbocycles. The lowest BCUT2D eigenvalue weighted by molar-refractivity contribution is 0.223. The van der Waals surface area contributed by atoms with Crippen molar-refractivity contribution in [2.75, 3.05) is 35.0 Å². The third-order valence-corrected chi connectivity index (χ3v) is 6.32. The van der Waals surface area contributed by atoms with E-state index in [0.29, 0.717) is 29.1 Å². The average Bonchev–Trinajstić information content (AvgIpc) is 3.26. The predicted molar refractivity (Wildman–Crippen MR) is 115 cm³/mol. The van der Waals surface area contributed by atoms with Gasteiger partial charge in [0.05, 0.1) is 34.5 Å².